The van der Waals surface area contributed by atoms with E-state index in [-0.39, 0.29) is 17.2 Å². The van der Waals surface area contributed by atoms with E-state index in [4.69, 9.17) is 20.2 Å². The fourth-order valence-corrected chi connectivity index (χ4v) is 2.10. The third-order valence-corrected chi connectivity index (χ3v) is 3.52. The van der Waals surface area contributed by atoms with Gasteiger partial charge >= 0.3 is 5.97 Å². The molecule has 0 unspecified atom stereocenters. The molecular weight excluding hydrogens is 282 g/mol. The van der Waals surface area contributed by atoms with Gasteiger partial charge in [-0.3, -0.25) is 0 Å². The van der Waals surface area contributed by atoms with Crippen molar-refractivity contribution in [3.63, 3.8) is 0 Å². The predicted octanol–water partition coefficient (Wildman–Crippen LogP) is 1.15. The molecule has 18 heavy (non-hydrogen) atoms. The topological polar surface area (TPSA) is 74.6 Å². The second-order valence-corrected chi connectivity index (χ2v) is 6.16. The third kappa shape index (κ3) is 4.01. The zero-order valence-corrected chi connectivity index (χ0v) is 11.6. The van der Waals surface area contributed by atoms with E-state index >= 15 is 0 Å². The first-order valence-corrected chi connectivity index (χ1v) is 7.44. The van der Waals surface area contributed by atoms with Gasteiger partial charge in [0.2, 0.25) is 0 Å². The lowest BCUT2D eigenvalue weighted by atomic mass is 10.4. The van der Waals surface area contributed by atoms with Gasteiger partial charge in [0.1, 0.15) is 10.6 Å². The minimum Gasteiger partial charge on any atom is -0.461 e. The summed E-state index contributed by atoms with van der Waals surface area (Å²) in [6.45, 7) is 0.697. The maximum atomic E-state index is 11.6. The molecule has 0 aliphatic rings. The van der Waals surface area contributed by atoms with E-state index < -0.39 is 15.0 Å². The van der Waals surface area contributed by atoms with Crippen molar-refractivity contribution in [3.05, 3.63) is 18.0 Å². The van der Waals surface area contributed by atoms with Gasteiger partial charge in [0.05, 0.1) is 6.61 Å². The first kappa shape index (κ1) is 15.0. The number of carbonyl (C=O) groups excluding carboxylic acids is 1. The molecule has 6 nitrogen and oxygen atoms in total. The molecule has 0 spiro atoms. The van der Waals surface area contributed by atoms with Crippen molar-refractivity contribution >= 4 is 25.7 Å². The summed E-state index contributed by atoms with van der Waals surface area (Å²) in [5.74, 6) is -0.597. The number of hydrogen-bond acceptors (Lipinski definition) is 5. The summed E-state index contributed by atoms with van der Waals surface area (Å²) >= 11 is 0. The highest BCUT2D eigenvalue weighted by Gasteiger charge is 2.19. The van der Waals surface area contributed by atoms with E-state index in [1.54, 1.807) is 7.11 Å². The van der Waals surface area contributed by atoms with Gasteiger partial charge in [-0.2, -0.15) is 0 Å². The molecule has 0 N–H and O–H groups in total. The molecule has 0 radical (unpaired) electrons. The van der Waals surface area contributed by atoms with Crippen LogP contribution in [0.2, 0.25) is 0 Å². The number of methoxy groups -OCH3 is 1. The van der Waals surface area contributed by atoms with Gasteiger partial charge in [-0.15, -0.1) is 0 Å². The second kappa shape index (κ2) is 6.21. The van der Waals surface area contributed by atoms with E-state index in [2.05, 4.69) is 0 Å². The van der Waals surface area contributed by atoms with Gasteiger partial charge in [0.15, 0.2) is 0 Å². The molecule has 8 heteroatoms. The van der Waals surface area contributed by atoms with Crippen LogP contribution in [0.1, 0.15) is 16.9 Å². The molecule has 0 aromatic carbocycles. The molecule has 0 aliphatic carbocycles. The van der Waals surface area contributed by atoms with Crippen molar-refractivity contribution in [2.75, 3.05) is 20.3 Å². The van der Waals surface area contributed by atoms with Crippen LogP contribution < -0.4 is 0 Å². The maximum Gasteiger partial charge on any atom is 0.354 e. The van der Waals surface area contributed by atoms with Crippen LogP contribution in [0.15, 0.2) is 17.2 Å². The number of esters is 1. The molecule has 0 atom stereocenters. The Bertz CT molecular complexity index is 522. The standard InChI is InChI=1S/C10H14ClNO5S/c1-12-7-8(18(11,14)15)6-9(12)10(13)17-5-3-4-16-2/h6-7H,3-5H2,1-2H3. The molecule has 0 aliphatic heterocycles. The number of nitrogens with zero attached hydrogens (tertiary/aromatic N) is 1. The minimum absolute atomic E-state index is 0.129. The zero-order valence-electron chi connectivity index (χ0n) is 10.1. The zero-order chi connectivity index (χ0) is 13.8. The van der Waals surface area contributed by atoms with E-state index in [9.17, 15) is 13.2 Å². The smallest absolute Gasteiger partial charge is 0.354 e. The second-order valence-electron chi connectivity index (χ2n) is 3.59. The lowest BCUT2D eigenvalue weighted by Crippen LogP contribution is -2.11. The van der Waals surface area contributed by atoms with Crippen LogP contribution in [0.25, 0.3) is 0 Å². The summed E-state index contributed by atoms with van der Waals surface area (Å²) in [6.07, 6.45) is 1.83. The molecule has 0 saturated heterocycles. The fraction of sp³-hybridized carbons (Fsp3) is 0.500. The molecule has 1 heterocycles. The van der Waals surface area contributed by atoms with Crippen molar-refractivity contribution in [1.29, 1.82) is 0 Å². The Morgan fingerprint density at radius 3 is 2.61 bits per heavy atom. The SMILES string of the molecule is COCCCOC(=O)c1cc(S(=O)(=O)Cl)cn1C. The van der Waals surface area contributed by atoms with Crippen LogP contribution in [0.4, 0.5) is 0 Å². The summed E-state index contributed by atoms with van der Waals surface area (Å²) in [6, 6.07) is 1.18. The number of hydrogen-bond donors (Lipinski definition) is 0. The Morgan fingerprint density at radius 1 is 1.44 bits per heavy atom. The Hall–Kier alpha value is -1.05. The Labute approximate surface area is 110 Å². The van der Waals surface area contributed by atoms with Gasteiger partial charge in [-0.25, -0.2) is 13.2 Å². The van der Waals surface area contributed by atoms with Crippen LogP contribution >= 0.6 is 10.7 Å². The van der Waals surface area contributed by atoms with Gasteiger partial charge in [-0.1, -0.05) is 0 Å². The number of aromatic nitrogens is 1. The first-order valence-electron chi connectivity index (χ1n) is 5.13. The van der Waals surface area contributed by atoms with Gasteiger partial charge in [-0.05, 0) is 6.07 Å². The molecular formula is C10H14ClNO5S. The molecule has 1 aromatic rings. The highest BCUT2D eigenvalue weighted by molar-refractivity contribution is 8.13. The minimum atomic E-state index is -3.84. The molecule has 0 fully saturated rings. The van der Waals surface area contributed by atoms with Crippen molar-refractivity contribution in [2.45, 2.75) is 11.3 Å². The molecule has 1 aromatic heterocycles. The van der Waals surface area contributed by atoms with Crippen molar-refractivity contribution in [2.24, 2.45) is 7.05 Å². The van der Waals surface area contributed by atoms with Crippen molar-refractivity contribution in [3.8, 4) is 0 Å². The summed E-state index contributed by atoms with van der Waals surface area (Å²) in [5.41, 5.74) is 0.131. The van der Waals surface area contributed by atoms with Crippen molar-refractivity contribution < 1.29 is 22.7 Å². The van der Waals surface area contributed by atoms with E-state index in [0.29, 0.717) is 13.0 Å². The number of rotatable bonds is 6. The summed E-state index contributed by atoms with van der Waals surface area (Å²) < 4.78 is 33.3. The monoisotopic (exact) mass is 295 g/mol. The molecule has 0 amide bonds. The normalized spacial score (nSPS) is 11.5. The number of ether oxygens (including phenoxy) is 2. The van der Waals surface area contributed by atoms with Gasteiger partial charge in [0.25, 0.3) is 9.05 Å². The third-order valence-electron chi connectivity index (χ3n) is 2.20. The summed E-state index contributed by atoms with van der Waals surface area (Å²) in [4.78, 5) is 11.5. The van der Waals surface area contributed by atoms with E-state index in [0.717, 1.165) is 0 Å². The Morgan fingerprint density at radius 2 is 2.11 bits per heavy atom. The predicted molar refractivity (Wildman–Crippen MR) is 65.2 cm³/mol. The fourth-order valence-electron chi connectivity index (χ4n) is 1.31. The average molecular weight is 296 g/mol. The summed E-state index contributed by atoms with van der Waals surface area (Å²) in [7, 11) is 4.43. The van der Waals surface area contributed by atoms with E-state index in [1.165, 1.54) is 23.9 Å². The highest BCUT2D eigenvalue weighted by Crippen LogP contribution is 2.18. The van der Waals surface area contributed by atoms with E-state index in [1.807, 2.05) is 0 Å². The van der Waals surface area contributed by atoms with Crippen molar-refractivity contribution in [1.82, 2.24) is 4.57 Å². The molecule has 0 saturated carbocycles. The Balaban J connectivity index is 2.72. The van der Waals surface area contributed by atoms with Gasteiger partial charge in [0, 0.05) is 44.1 Å². The maximum absolute atomic E-state index is 11.6. The van der Waals surface area contributed by atoms with Crippen LogP contribution in [-0.4, -0.2) is 39.3 Å². The number of halogens is 1. The molecule has 1 rings (SSSR count). The van der Waals surface area contributed by atoms with Crippen LogP contribution in [0.3, 0.4) is 0 Å². The highest BCUT2D eigenvalue weighted by atomic mass is 35.7. The first-order chi connectivity index (χ1) is 8.36. The number of aryl methyl sites for hydroxylation is 1. The Kier molecular flexibility index (Phi) is 5.18. The molecule has 0 bridgehead atoms. The summed E-state index contributed by atoms with van der Waals surface area (Å²) in [5, 5.41) is 0. The lowest BCUT2D eigenvalue weighted by Gasteiger charge is -2.04. The average Bonchev–Trinajstić information content (AvgIpc) is 2.66. The van der Waals surface area contributed by atoms with Crippen LogP contribution in [0.5, 0.6) is 0 Å². The number of carbonyl (C=O) groups is 1. The molecule has 102 valence electrons. The van der Waals surface area contributed by atoms with Crippen LogP contribution in [-0.2, 0) is 25.6 Å². The van der Waals surface area contributed by atoms with Gasteiger partial charge < -0.3 is 14.0 Å². The van der Waals surface area contributed by atoms with Crippen LogP contribution in [0, 0.1) is 0 Å². The largest absolute Gasteiger partial charge is 0.461 e. The quantitative estimate of drug-likeness (QED) is 0.447. The lowest BCUT2D eigenvalue weighted by molar-refractivity contribution is 0.0457.